The number of carbonyl (C=O) groups excluding carboxylic acids is 1. The van der Waals surface area contributed by atoms with Gasteiger partial charge in [-0.1, -0.05) is 42.5 Å². The molecule has 4 rings (SSSR count). The van der Waals surface area contributed by atoms with E-state index >= 15 is 0 Å². The Bertz CT molecular complexity index is 848. The standard InChI is InChI=1S/C18H13N3O/c1-20-14-9-5-6-10-15(14)21-16(12-7-3-2-4-8-12)17(22)13(11-19)18(20)21/h2-10,16H,1H3. The Kier molecular flexibility index (Phi) is 2.57. The molecule has 0 saturated carbocycles. The number of carbonyl (C=O) groups is 1. The molecule has 0 amide bonds. The summed E-state index contributed by atoms with van der Waals surface area (Å²) in [5.74, 6) is 0.549. The minimum atomic E-state index is -0.461. The van der Waals surface area contributed by atoms with Crippen molar-refractivity contribution in [1.82, 2.24) is 0 Å². The number of fused-ring (bicyclic) bond motifs is 3. The molecule has 2 aliphatic heterocycles. The van der Waals surface area contributed by atoms with E-state index in [2.05, 4.69) is 6.07 Å². The van der Waals surface area contributed by atoms with Crippen LogP contribution in [-0.4, -0.2) is 12.8 Å². The average molecular weight is 287 g/mol. The lowest BCUT2D eigenvalue weighted by Crippen LogP contribution is -2.27. The lowest BCUT2D eigenvalue weighted by Gasteiger charge is -2.24. The van der Waals surface area contributed by atoms with E-state index in [-0.39, 0.29) is 11.4 Å². The van der Waals surface area contributed by atoms with Gasteiger partial charge in [-0.25, -0.2) is 0 Å². The highest BCUT2D eigenvalue weighted by atomic mass is 16.1. The molecule has 0 radical (unpaired) electrons. The summed E-state index contributed by atoms with van der Waals surface area (Å²) in [6, 6.07) is 19.2. The van der Waals surface area contributed by atoms with Crippen LogP contribution in [0.4, 0.5) is 11.4 Å². The fourth-order valence-electron chi connectivity index (χ4n) is 3.30. The summed E-state index contributed by atoms with van der Waals surface area (Å²) in [6.45, 7) is 0. The van der Waals surface area contributed by atoms with Gasteiger partial charge in [-0.15, -0.1) is 0 Å². The van der Waals surface area contributed by atoms with E-state index in [9.17, 15) is 10.1 Å². The fourth-order valence-corrected chi connectivity index (χ4v) is 3.30. The molecule has 0 saturated heterocycles. The first-order valence-electron chi connectivity index (χ1n) is 7.09. The highest BCUT2D eigenvalue weighted by Gasteiger charge is 2.47. The zero-order valence-corrected chi connectivity index (χ0v) is 12.0. The first-order chi connectivity index (χ1) is 10.7. The number of Topliss-reactive ketones (excluding diaryl/α,β-unsaturated/α-hetero) is 1. The Hall–Kier alpha value is -3.06. The Balaban J connectivity index is 1.96. The smallest absolute Gasteiger partial charge is 0.204 e. The summed E-state index contributed by atoms with van der Waals surface area (Å²) < 4.78 is 0. The number of nitriles is 1. The van der Waals surface area contributed by atoms with Gasteiger partial charge in [0.25, 0.3) is 0 Å². The Morgan fingerprint density at radius 2 is 1.64 bits per heavy atom. The highest BCUT2D eigenvalue weighted by Crippen LogP contribution is 2.50. The van der Waals surface area contributed by atoms with Gasteiger partial charge in [0, 0.05) is 7.05 Å². The van der Waals surface area contributed by atoms with Gasteiger partial charge in [0.05, 0.1) is 11.4 Å². The van der Waals surface area contributed by atoms with Gasteiger partial charge in [0.1, 0.15) is 23.5 Å². The van der Waals surface area contributed by atoms with Gasteiger partial charge in [-0.05, 0) is 17.7 Å². The maximum absolute atomic E-state index is 12.8. The molecule has 4 heteroatoms. The van der Waals surface area contributed by atoms with Gasteiger partial charge < -0.3 is 9.80 Å². The van der Waals surface area contributed by atoms with Crippen LogP contribution in [0.1, 0.15) is 11.6 Å². The minimum absolute atomic E-state index is 0.134. The van der Waals surface area contributed by atoms with Gasteiger partial charge in [-0.2, -0.15) is 5.26 Å². The van der Waals surface area contributed by atoms with Crippen LogP contribution in [0.2, 0.25) is 0 Å². The molecule has 2 aromatic rings. The van der Waals surface area contributed by atoms with Crippen molar-refractivity contribution < 1.29 is 4.79 Å². The third-order valence-electron chi connectivity index (χ3n) is 4.25. The van der Waals surface area contributed by atoms with E-state index in [1.54, 1.807) is 0 Å². The molecule has 1 unspecified atom stereocenters. The largest absolute Gasteiger partial charge is 0.328 e. The molecule has 0 N–H and O–H groups in total. The van der Waals surface area contributed by atoms with Crippen molar-refractivity contribution in [3.63, 3.8) is 0 Å². The molecule has 0 aromatic heterocycles. The molecule has 0 aliphatic carbocycles. The summed E-state index contributed by atoms with van der Waals surface area (Å²) in [5, 5.41) is 9.46. The summed E-state index contributed by atoms with van der Waals surface area (Å²) in [7, 11) is 1.90. The summed E-state index contributed by atoms with van der Waals surface area (Å²) in [6.07, 6.45) is 0. The van der Waals surface area contributed by atoms with Crippen molar-refractivity contribution >= 4 is 17.2 Å². The zero-order chi connectivity index (χ0) is 15.3. The summed E-state index contributed by atoms with van der Waals surface area (Å²) in [5.41, 5.74) is 3.11. The van der Waals surface area contributed by atoms with E-state index in [4.69, 9.17) is 0 Å². The van der Waals surface area contributed by atoms with Crippen molar-refractivity contribution in [3.8, 4) is 6.07 Å². The van der Waals surface area contributed by atoms with E-state index in [1.165, 1.54) is 0 Å². The van der Waals surface area contributed by atoms with Gasteiger partial charge in [0.15, 0.2) is 0 Å². The number of nitrogens with zero attached hydrogens (tertiary/aromatic N) is 3. The number of anilines is 2. The van der Waals surface area contributed by atoms with Crippen LogP contribution >= 0.6 is 0 Å². The lowest BCUT2D eigenvalue weighted by molar-refractivity contribution is -0.115. The molecule has 0 fully saturated rings. The first kappa shape index (κ1) is 12.7. The van der Waals surface area contributed by atoms with Crippen LogP contribution in [0.3, 0.4) is 0 Å². The third-order valence-corrected chi connectivity index (χ3v) is 4.25. The number of rotatable bonds is 1. The molecule has 1 atom stereocenters. The van der Waals surface area contributed by atoms with Crippen molar-refractivity contribution in [3.05, 3.63) is 71.6 Å². The topological polar surface area (TPSA) is 47.3 Å². The first-order valence-corrected chi connectivity index (χ1v) is 7.09. The van der Waals surface area contributed by atoms with E-state index in [0.29, 0.717) is 5.82 Å². The summed E-state index contributed by atoms with van der Waals surface area (Å²) in [4.78, 5) is 16.7. The van der Waals surface area contributed by atoms with Crippen molar-refractivity contribution in [1.29, 1.82) is 5.26 Å². The van der Waals surface area contributed by atoms with Crippen LogP contribution in [0.15, 0.2) is 66.0 Å². The van der Waals surface area contributed by atoms with Crippen LogP contribution in [0, 0.1) is 11.3 Å². The number of benzene rings is 2. The van der Waals surface area contributed by atoms with Crippen molar-refractivity contribution in [2.45, 2.75) is 6.04 Å². The Morgan fingerprint density at radius 1 is 1.00 bits per heavy atom. The maximum atomic E-state index is 12.8. The van der Waals surface area contributed by atoms with E-state index in [1.807, 2.05) is 71.4 Å². The second-order valence-electron chi connectivity index (χ2n) is 5.41. The van der Waals surface area contributed by atoms with Crippen molar-refractivity contribution in [2.75, 3.05) is 16.8 Å². The van der Waals surface area contributed by atoms with Crippen LogP contribution in [0.5, 0.6) is 0 Å². The van der Waals surface area contributed by atoms with Gasteiger partial charge in [0.2, 0.25) is 5.78 Å². The lowest BCUT2D eigenvalue weighted by atomic mass is 10.00. The molecule has 22 heavy (non-hydrogen) atoms. The van der Waals surface area contributed by atoms with Crippen LogP contribution in [0.25, 0.3) is 0 Å². The second-order valence-corrected chi connectivity index (χ2v) is 5.41. The van der Waals surface area contributed by atoms with E-state index < -0.39 is 6.04 Å². The predicted octanol–water partition coefficient (Wildman–Crippen LogP) is 3.00. The molecular formula is C18H13N3O. The Morgan fingerprint density at radius 3 is 2.32 bits per heavy atom. The normalized spacial score (nSPS) is 19.3. The molecule has 2 aromatic carbocycles. The minimum Gasteiger partial charge on any atom is -0.328 e. The molecule has 2 aliphatic rings. The van der Waals surface area contributed by atoms with Crippen molar-refractivity contribution in [2.24, 2.45) is 0 Å². The highest BCUT2D eigenvalue weighted by molar-refractivity contribution is 6.13. The van der Waals surface area contributed by atoms with Gasteiger partial charge >= 0.3 is 0 Å². The van der Waals surface area contributed by atoms with Crippen LogP contribution in [-0.2, 0) is 4.79 Å². The zero-order valence-electron chi connectivity index (χ0n) is 12.0. The number of hydrogen-bond donors (Lipinski definition) is 0. The number of hydrogen-bond acceptors (Lipinski definition) is 4. The van der Waals surface area contributed by atoms with Gasteiger partial charge in [-0.3, -0.25) is 4.79 Å². The van der Waals surface area contributed by atoms with Crippen LogP contribution < -0.4 is 9.80 Å². The SMILES string of the molecule is CN1C2=C(C#N)C(=O)C(c3ccccc3)N2c2ccccc21. The molecule has 2 heterocycles. The molecule has 106 valence electrons. The number of para-hydroxylation sites is 2. The predicted molar refractivity (Wildman–Crippen MR) is 84.2 cm³/mol. The molecule has 0 bridgehead atoms. The number of ketones is 1. The monoisotopic (exact) mass is 287 g/mol. The molecule has 0 spiro atoms. The average Bonchev–Trinajstić information content (AvgIpc) is 3.01. The quantitative estimate of drug-likeness (QED) is 0.809. The fraction of sp³-hybridized carbons (Fsp3) is 0.111. The second kappa shape index (κ2) is 4.47. The molecular weight excluding hydrogens is 274 g/mol. The molecule has 4 nitrogen and oxygen atoms in total. The summed E-state index contributed by atoms with van der Waals surface area (Å²) >= 11 is 0. The third kappa shape index (κ3) is 1.48. The maximum Gasteiger partial charge on any atom is 0.204 e. The van der Waals surface area contributed by atoms with E-state index in [0.717, 1.165) is 16.9 Å². The Labute approximate surface area is 128 Å².